The molecule has 0 saturated heterocycles. The summed E-state index contributed by atoms with van der Waals surface area (Å²) in [6, 6.07) is 12.5. The number of carboxylic acids is 2. The van der Waals surface area contributed by atoms with Gasteiger partial charge < -0.3 is 19.7 Å². The van der Waals surface area contributed by atoms with Gasteiger partial charge in [0.25, 0.3) is 0 Å². The predicted molar refractivity (Wildman–Crippen MR) is 124 cm³/mol. The fourth-order valence-corrected chi connectivity index (χ4v) is 4.08. The van der Waals surface area contributed by atoms with Crippen molar-refractivity contribution >= 4 is 34.5 Å². The van der Waals surface area contributed by atoms with E-state index in [0.717, 1.165) is 17.7 Å². The van der Waals surface area contributed by atoms with Gasteiger partial charge in [-0.05, 0) is 42.0 Å². The van der Waals surface area contributed by atoms with E-state index in [2.05, 4.69) is 4.90 Å². The first-order chi connectivity index (χ1) is 15.9. The standard InChI is InChI=1S/C25H24N2O6/c1-3-27-12-16(10-15-8-9-20(21(11-15)32-2)33-14-22(28)29)24-18(13-27)23(25(30)31)17-6-4-5-7-19(17)26-24/h4-11H,3,12-14H2,1-2H3,(H,28,29)(H,30,31). The molecular weight excluding hydrogens is 424 g/mol. The molecule has 2 aromatic carbocycles. The van der Waals surface area contributed by atoms with Crippen LogP contribution in [0.3, 0.4) is 0 Å². The Morgan fingerprint density at radius 1 is 1.12 bits per heavy atom. The zero-order chi connectivity index (χ0) is 23.5. The van der Waals surface area contributed by atoms with Crippen molar-refractivity contribution in [2.24, 2.45) is 0 Å². The Kier molecular flexibility index (Phi) is 6.28. The molecule has 0 aliphatic carbocycles. The first kappa shape index (κ1) is 22.3. The van der Waals surface area contributed by atoms with Gasteiger partial charge in [-0.15, -0.1) is 0 Å². The van der Waals surface area contributed by atoms with E-state index in [4.69, 9.17) is 19.6 Å². The number of nitrogens with zero attached hydrogens (tertiary/aromatic N) is 2. The lowest BCUT2D eigenvalue weighted by molar-refractivity contribution is -0.139. The molecule has 1 aromatic heterocycles. The quantitative estimate of drug-likeness (QED) is 0.562. The molecule has 0 amide bonds. The van der Waals surface area contributed by atoms with Gasteiger partial charge in [0.2, 0.25) is 0 Å². The molecule has 0 atom stereocenters. The van der Waals surface area contributed by atoms with Crippen LogP contribution in [0.1, 0.15) is 34.1 Å². The molecule has 3 aromatic rings. The van der Waals surface area contributed by atoms with Crippen LogP contribution < -0.4 is 9.47 Å². The number of carboxylic acid groups (broad SMARTS) is 2. The molecule has 0 spiro atoms. The number of carbonyl (C=O) groups is 2. The van der Waals surface area contributed by atoms with Gasteiger partial charge >= 0.3 is 11.9 Å². The van der Waals surface area contributed by atoms with E-state index in [0.29, 0.717) is 46.7 Å². The van der Waals surface area contributed by atoms with Gasteiger partial charge in [0.15, 0.2) is 18.1 Å². The Labute approximate surface area is 190 Å². The van der Waals surface area contributed by atoms with Crippen molar-refractivity contribution in [1.29, 1.82) is 0 Å². The summed E-state index contributed by atoms with van der Waals surface area (Å²) in [6.07, 6.45) is 1.96. The maximum absolute atomic E-state index is 12.2. The highest BCUT2D eigenvalue weighted by molar-refractivity contribution is 6.06. The van der Waals surface area contributed by atoms with Gasteiger partial charge in [-0.3, -0.25) is 4.90 Å². The lowest BCUT2D eigenvalue weighted by Gasteiger charge is -2.30. The summed E-state index contributed by atoms with van der Waals surface area (Å²) in [7, 11) is 1.49. The Morgan fingerprint density at radius 3 is 2.61 bits per heavy atom. The van der Waals surface area contributed by atoms with Crippen molar-refractivity contribution in [2.45, 2.75) is 13.5 Å². The number of aromatic nitrogens is 1. The molecule has 8 heteroatoms. The minimum absolute atomic E-state index is 0.287. The number of hydrogen-bond acceptors (Lipinski definition) is 6. The first-order valence-electron chi connectivity index (χ1n) is 10.5. The molecule has 2 N–H and O–H groups in total. The van der Waals surface area contributed by atoms with E-state index in [9.17, 15) is 14.7 Å². The minimum Gasteiger partial charge on any atom is -0.493 e. The van der Waals surface area contributed by atoms with Crippen LogP contribution in [0.5, 0.6) is 11.5 Å². The molecule has 8 nitrogen and oxygen atoms in total. The highest BCUT2D eigenvalue weighted by Crippen LogP contribution is 2.35. The van der Waals surface area contributed by atoms with E-state index >= 15 is 0 Å². The lowest BCUT2D eigenvalue weighted by Crippen LogP contribution is -2.31. The molecule has 2 heterocycles. The molecule has 0 bridgehead atoms. The highest BCUT2D eigenvalue weighted by Gasteiger charge is 2.28. The molecule has 1 aliphatic rings. The average Bonchev–Trinajstić information content (AvgIpc) is 2.81. The topological polar surface area (TPSA) is 109 Å². The van der Waals surface area contributed by atoms with Crippen molar-refractivity contribution in [2.75, 3.05) is 26.8 Å². The van der Waals surface area contributed by atoms with E-state index in [1.807, 2.05) is 31.2 Å². The summed E-state index contributed by atoms with van der Waals surface area (Å²) in [5.41, 5.74) is 4.01. The smallest absolute Gasteiger partial charge is 0.341 e. The van der Waals surface area contributed by atoms with E-state index < -0.39 is 18.5 Å². The van der Waals surface area contributed by atoms with Crippen molar-refractivity contribution in [1.82, 2.24) is 9.88 Å². The normalized spacial score (nSPS) is 14.8. The zero-order valence-corrected chi connectivity index (χ0v) is 18.4. The summed E-state index contributed by atoms with van der Waals surface area (Å²) in [6.45, 7) is 3.45. The van der Waals surface area contributed by atoms with E-state index in [1.165, 1.54) is 7.11 Å². The van der Waals surface area contributed by atoms with Crippen molar-refractivity contribution in [3.63, 3.8) is 0 Å². The van der Waals surface area contributed by atoms with Crippen molar-refractivity contribution in [3.05, 3.63) is 64.8 Å². The number of benzene rings is 2. The van der Waals surface area contributed by atoms with Crippen LogP contribution in [0.15, 0.2) is 42.5 Å². The Balaban J connectivity index is 1.84. The molecule has 33 heavy (non-hydrogen) atoms. The van der Waals surface area contributed by atoms with Gasteiger partial charge in [-0.1, -0.05) is 31.2 Å². The van der Waals surface area contributed by atoms with Gasteiger partial charge in [0, 0.05) is 24.0 Å². The molecule has 0 unspecified atom stereocenters. The predicted octanol–water partition coefficient (Wildman–Crippen LogP) is 3.78. The van der Waals surface area contributed by atoms with E-state index in [1.54, 1.807) is 24.3 Å². The number of para-hydroxylation sites is 1. The second-order valence-electron chi connectivity index (χ2n) is 7.70. The van der Waals surface area contributed by atoms with Crippen LogP contribution in [-0.2, 0) is 11.3 Å². The highest BCUT2D eigenvalue weighted by atomic mass is 16.5. The summed E-state index contributed by atoms with van der Waals surface area (Å²) >= 11 is 0. The zero-order valence-electron chi connectivity index (χ0n) is 18.4. The second-order valence-corrected chi connectivity index (χ2v) is 7.70. The number of pyridine rings is 1. The lowest BCUT2D eigenvalue weighted by atomic mass is 9.92. The minimum atomic E-state index is -1.07. The van der Waals surface area contributed by atoms with Crippen molar-refractivity contribution in [3.8, 4) is 11.5 Å². The molecule has 0 radical (unpaired) electrons. The third-order valence-corrected chi connectivity index (χ3v) is 5.61. The average molecular weight is 448 g/mol. The summed E-state index contributed by atoms with van der Waals surface area (Å²) in [5, 5.41) is 19.5. The number of likely N-dealkylation sites (N-methyl/N-ethyl adjacent to an activating group) is 1. The Bertz CT molecular complexity index is 1270. The first-order valence-corrected chi connectivity index (χ1v) is 10.5. The third-order valence-electron chi connectivity index (χ3n) is 5.61. The van der Waals surface area contributed by atoms with Gasteiger partial charge in [-0.25, -0.2) is 14.6 Å². The maximum Gasteiger partial charge on any atom is 0.341 e. The van der Waals surface area contributed by atoms with Gasteiger partial charge in [0.05, 0.1) is 23.9 Å². The largest absolute Gasteiger partial charge is 0.493 e. The Hall–Kier alpha value is -3.91. The SMILES string of the molecule is CCN1CC(=Cc2ccc(OCC(=O)O)c(OC)c2)c2nc3ccccc3c(C(=O)O)c2C1. The van der Waals surface area contributed by atoms with Gasteiger partial charge in [-0.2, -0.15) is 0 Å². The Morgan fingerprint density at radius 2 is 1.91 bits per heavy atom. The van der Waals surface area contributed by atoms with Crippen LogP contribution in [-0.4, -0.2) is 58.8 Å². The number of aromatic carboxylic acids is 1. The number of aliphatic carboxylic acids is 1. The molecule has 4 rings (SSSR count). The number of methoxy groups -OCH3 is 1. The number of fused-ring (bicyclic) bond motifs is 2. The van der Waals surface area contributed by atoms with Crippen LogP contribution in [0.2, 0.25) is 0 Å². The van der Waals surface area contributed by atoms with Crippen molar-refractivity contribution < 1.29 is 29.3 Å². The molecule has 0 fully saturated rings. The van der Waals surface area contributed by atoms with Crippen LogP contribution in [0, 0.1) is 0 Å². The second kappa shape index (κ2) is 9.30. The summed E-state index contributed by atoms with van der Waals surface area (Å²) in [5.74, 6) is -1.30. The maximum atomic E-state index is 12.2. The van der Waals surface area contributed by atoms with Crippen LogP contribution >= 0.6 is 0 Å². The molecule has 0 saturated carbocycles. The molecule has 1 aliphatic heterocycles. The number of rotatable bonds is 7. The van der Waals surface area contributed by atoms with Crippen LogP contribution in [0.4, 0.5) is 0 Å². The monoisotopic (exact) mass is 448 g/mol. The van der Waals surface area contributed by atoms with E-state index in [-0.39, 0.29) is 5.56 Å². The summed E-state index contributed by atoms with van der Waals surface area (Å²) in [4.78, 5) is 30.1. The number of hydrogen-bond donors (Lipinski definition) is 2. The summed E-state index contributed by atoms with van der Waals surface area (Å²) < 4.78 is 10.7. The fourth-order valence-electron chi connectivity index (χ4n) is 4.08. The molecular formula is C25H24N2O6. The van der Waals surface area contributed by atoms with Crippen LogP contribution in [0.25, 0.3) is 22.6 Å². The third kappa shape index (κ3) is 4.51. The fraction of sp³-hybridized carbons (Fsp3) is 0.240. The van der Waals surface area contributed by atoms with Gasteiger partial charge in [0.1, 0.15) is 0 Å². The molecule has 170 valence electrons. The number of ether oxygens (including phenoxy) is 2.